The van der Waals surface area contributed by atoms with E-state index in [1.165, 1.54) is 44.9 Å². The Balaban J connectivity index is 1.82. The first kappa shape index (κ1) is 17.2. The van der Waals surface area contributed by atoms with Gasteiger partial charge in [-0.15, -0.1) is 0 Å². The molecule has 3 heteroatoms. The van der Waals surface area contributed by atoms with E-state index in [0.29, 0.717) is 12.1 Å². The van der Waals surface area contributed by atoms with Gasteiger partial charge in [0.05, 0.1) is 6.61 Å². The molecule has 2 saturated carbocycles. The number of aliphatic hydroxyl groups excluding tert-OH is 1. The Hall–Kier alpha value is -0.120. The highest BCUT2D eigenvalue weighted by atomic mass is 16.3. The molecule has 2 N–H and O–H groups in total. The Kier molecular flexibility index (Phi) is 6.10. The van der Waals surface area contributed by atoms with Crippen LogP contribution in [0.1, 0.15) is 72.1 Å². The summed E-state index contributed by atoms with van der Waals surface area (Å²) < 4.78 is 0. The first-order valence-electron chi connectivity index (χ1n) is 9.08. The van der Waals surface area contributed by atoms with Crippen LogP contribution >= 0.6 is 0 Å². The van der Waals surface area contributed by atoms with Gasteiger partial charge >= 0.3 is 0 Å². The van der Waals surface area contributed by atoms with E-state index in [9.17, 15) is 5.11 Å². The lowest BCUT2D eigenvalue weighted by Crippen LogP contribution is -2.52. The van der Waals surface area contributed by atoms with Gasteiger partial charge in [0.25, 0.3) is 0 Å². The van der Waals surface area contributed by atoms with E-state index in [1.807, 2.05) is 0 Å². The molecular formula is C18H36N2O. The van der Waals surface area contributed by atoms with E-state index in [0.717, 1.165) is 18.4 Å². The molecular weight excluding hydrogens is 260 g/mol. The Morgan fingerprint density at radius 2 is 1.81 bits per heavy atom. The molecule has 2 aliphatic rings. The molecule has 0 spiro atoms. The standard InChI is InChI=1S/C18H36N2O/c1-5-15-6-10-17(11-7-15)20(4)14(2)12-18(3,13-21)19-16-8-9-16/h14-17,19,21H,5-13H2,1-4H3. The summed E-state index contributed by atoms with van der Waals surface area (Å²) in [5, 5.41) is 13.4. The summed E-state index contributed by atoms with van der Waals surface area (Å²) in [5.74, 6) is 0.962. The van der Waals surface area contributed by atoms with Gasteiger partial charge in [0.1, 0.15) is 0 Å². The zero-order valence-corrected chi connectivity index (χ0v) is 14.6. The fourth-order valence-electron chi connectivity index (χ4n) is 4.01. The smallest absolute Gasteiger partial charge is 0.0611 e. The minimum Gasteiger partial charge on any atom is -0.394 e. The number of rotatable bonds is 8. The number of hydrogen-bond donors (Lipinski definition) is 2. The van der Waals surface area contributed by atoms with Gasteiger partial charge in [-0.25, -0.2) is 0 Å². The predicted octanol–water partition coefficient (Wildman–Crippen LogP) is 3.17. The molecule has 0 aromatic carbocycles. The van der Waals surface area contributed by atoms with E-state index >= 15 is 0 Å². The van der Waals surface area contributed by atoms with Crippen LogP contribution in [0.15, 0.2) is 0 Å². The molecule has 0 bridgehead atoms. The maximum Gasteiger partial charge on any atom is 0.0611 e. The van der Waals surface area contributed by atoms with Crippen LogP contribution in [-0.4, -0.2) is 47.3 Å². The maximum absolute atomic E-state index is 9.79. The van der Waals surface area contributed by atoms with Gasteiger partial charge in [-0.2, -0.15) is 0 Å². The van der Waals surface area contributed by atoms with Gasteiger partial charge < -0.3 is 15.3 Å². The highest BCUT2D eigenvalue weighted by molar-refractivity contribution is 4.95. The molecule has 124 valence electrons. The third kappa shape index (κ3) is 4.94. The Bertz CT molecular complexity index is 310. The molecule has 3 nitrogen and oxygen atoms in total. The van der Waals surface area contributed by atoms with Crippen molar-refractivity contribution in [1.82, 2.24) is 10.2 Å². The highest BCUT2D eigenvalue weighted by Crippen LogP contribution is 2.31. The van der Waals surface area contributed by atoms with Crippen LogP contribution in [-0.2, 0) is 0 Å². The quantitative estimate of drug-likeness (QED) is 0.722. The average molecular weight is 296 g/mol. The van der Waals surface area contributed by atoms with Crippen molar-refractivity contribution in [3.63, 3.8) is 0 Å². The van der Waals surface area contributed by atoms with Crippen molar-refractivity contribution >= 4 is 0 Å². The number of hydrogen-bond acceptors (Lipinski definition) is 3. The average Bonchev–Trinajstić information content (AvgIpc) is 3.30. The summed E-state index contributed by atoms with van der Waals surface area (Å²) in [6.45, 7) is 7.08. The van der Waals surface area contributed by atoms with Crippen LogP contribution in [0, 0.1) is 5.92 Å². The second kappa shape index (κ2) is 7.43. The minimum absolute atomic E-state index is 0.116. The number of nitrogens with one attached hydrogen (secondary N) is 1. The van der Waals surface area contributed by atoms with Crippen molar-refractivity contribution in [2.45, 2.75) is 95.8 Å². The molecule has 2 aliphatic carbocycles. The van der Waals surface area contributed by atoms with Gasteiger partial charge in [0.15, 0.2) is 0 Å². The van der Waals surface area contributed by atoms with E-state index < -0.39 is 0 Å². The third-order valence-electron chi connectivity index (χ3n) is 5.89. The fraction of sp³-hybridized carbons (Fsp3) is 1.00. The molecule has 0 aromatic rings. The lowest BCUT2D eigenvalue weighted by atomic mass is 9.83. The van der Waals surface area contributed by atoms with Crippen molar-refractivity contribution in [1.29, 1.82) is 0 Å². The summed E-state index contributed by atoms with van der Waals surface area (Å²) in [7, 11) is 2.29. The SMILES string of the molecule is CCC1CCC(N(C)C(C)CC(C)(CO)NC2CC2)CC1. The lowest BCUT2D eigenvalue weighted by Gasteiger charge is -2.41. The summed E-state index contributed by atoms with van der Waals surface area (Å²) in [4.78, 5) is 2.58. The fourth-order valence-corrected chi connectivity index (χ4v) is 4.01. The third-order valence-corrected chi connectivity index (χ3v) is 5.89. The topological polar surface area (TPSA) is 35.5 Å². The first-order valence-corrected chi connectivity index (χ1v) is 9.08. The monoisotopic (exact) mass is 296 g/mol. The Labute approximate surface area is 131 Å². The van der Waals surface area contributed by atoms with Gasteiger partial charge in [0, 0.05) is 23.7 Å². The van der Waals surface area contributed by atoms with Gasteiger partial charge in [-0.05, 0) is 71.8 Å². The molecule has 0 aliphatic heterocycles. The van der Waals surface area contributed by atoms with Gasteiger partial charge in [-0.1, -0.05) is 13.3 Å². The second-order valence-corrected chi connectivity index (χ2v) is 7.94. The number of aliphatic hydroxyl groups is 1. The first-order chi connectivity index (χ1) is 9.97. The molecule has 2 atom stereocenters. The Morgan fingerprint density at radius 1 is 1.19 bits per heavy atom. The zero-order valence-electron chi connectivity index (χ0n) is 14.6. The molecule has 0 saturated heterocycles. The van der Waals surface area contributed by atoms with Crippen LogP contribution in [0.2, 0.25) is 0 Å². The summed E-state index contributed by atoms with van der Waals surface area (Å²) >= 11 is 0. The largest absolute Gasteiger partial charge is 0.394 e. The van der Waals surface area contributed by atoms with Crippen molar-refractivity contribution in [3.05, 3.63) is 0 Å². The van der Waals surface area contributed by atoms with Gasteiger partial charge in [0.2, 0.25) is 0 Å². The molecule has 0 aromatic heterocycles. The van der Waals surface area contributed by atoms with Crippen molar-refractivity contribution in [2.75, 3.05) is 13.7 Å². The van der Waals surface area contributed by atoms with Crippen LogP contribution in [0.3, 0.4) is 0 Å². The lowest BCUT2D eigenvalue weighted by molar-refractivity contribution is 0.0834. The van der Waals surface area contributed by atoms with Crippen LogP contribution in [0.4, 0.5) is 0 Å². The molecule has 0 amide bonds. The molecule has 0 radical (unpaired) electrons. The maximum atomic E-state index is 9.79. The normalized spacial score (nSPS) is 31.1. The zero-order chi connectivity index (χ0) is 15.5. The molecule has 2 rings (SSSR count). The van der Waals surface area contributed by atoms with E-state index in [-0.39, 0.29) is 12.1 Å². The summed E-state index contributed by atoms with van der Waals surface area (Å²) in [6.07, 6.45) is 10.4. The molecule has 2 fully saturated rings. The molecule has 21 heavy (non-hydrogen) atoms. The van der Waals surface area contributed by atoms with E-state index in [1.54, 1.807) is 0 Å². The highest BCUT2D eigenvalue weighted by Gasteiger charge is 2.35. The predicted molar refractivity (Wildman–Crippen MR) is 89.5 cm³/mol. The van der Waals surface area contributed by atoms with E-state index in [2.05, 4.69) is 38.0 Å². The van der Waals surface area contributed by atoms with Gasteiger partial charge in [-0.3, -0.25) is 0 Å². The van der Waals surface area contributed by atoms with Crippen molar-refractivity contribution in [2.24, 2.45) is 5.92 Å². The number of nitrogens with zero attached hydrogens (tertiary/aromatic N) is 1. The van der Waals surface area contributed by atoms with Crippen LogP contribution in [0.5, 0.6) is 0 Å². The second-order valence-electron chi connectivity index (χ2n) is 7.94. The molecule has 0 heterocycles. The minimum atomic E-state index is -0.116. The van der Waals surface area contributed by atoms with Crippen LogP contribution < -0.4 is 5.32 Å². The van der Waals surface area contributed by atoms with Crippen LogP contribution in [0.25, 0.3) is 0 Å². The van der Waals surface area contributed by atoms with Crippen molar-refractivity contribution < 1.29 is 5.11 Å². The molecule has 2 unspecified atom stereocenters. The Morgan fingerprint density at radius 3 is 2.29 bits per heavy atom. The van der Waals surface area contributed by atoms with E-state index in [4.69, 9.17) is 0 Å². The summed E-state index contributed by atoms with van der Waals surface area (Å²) in [6, 6.07) is 1.92. The van der Waals surface area contributed by atoms with Crippen molar-refractivity contribution in [3.8, 4) is 0 Å². The summed E-state index contributed by atoms with van der Waals surface area (Å²) in [5.41, 5.74) is -0.116.